The van der Waals surface area contributed by atoms with Crippen molar-refractivity contribution >= 4 is 17.3 Å². The summed E-state index contributed by atoms with van der Waals surface area (Å²) in [6.45, 7) is 6.29. The molecule has 1 aromatic heterocycles. The molecule has 7 heteroatoms. The highest BCUT2D eigenvalue weighted by atomic mass is 16.2. The van der Waals surface area contributed by atoms with E-state index >= 15 is 0 Å². The van der Waals surface area contributed by atoms with Gasteiger partial charge in [0.1, 0.15) is 5.69 Å². The molecule has 7 nitrogen and oxygen atoms in total. The van der Waals surface area contributed by atoms with Crippen molar-refractivity contribution in [3.63, 3.8) is 0 Å². The average molecular weight is 355 g/mol. The normalized spacial score (nSPS) is 15.1. The number of likely N-dealkylation sites (N-methyl/N-ethyl adjacent to an activating group) is 1. The molecule has 2 aromatic rings. The fraction of sp³-hybridized carbons (Fsp3) is 0.421. The lowest BCUT2D eigenvalue weighted by atomic mass is 10.2. The predicted octanol–water partition coefficient (Wildman–Crippen LogP) is 1.66. The maximum Gasteiger partial charge on any atom is 0.276 e. The van der Waals surface area contributed by atoms with Gasteiger partial charge in [-0.2, -0.15) is 5.10 Å². The zero-order valence-corrected chi connectivity index (χ0v) is 15.3. The fourth-order valence-electron chi connectivity index (χ4n) is 3.03. The topological polar surface area (TPSA) is 70.5 Å². The molecule has 1 fully saturated rings. The first kappa shape index (κ1) is 18.1. The SMILES string of the molecule is CCCn1nc(C(=O)Nc2ccccc2N2CCN(C)CC2)ccc1=O. The van der Waals surface area contributed by atoms with Gasteiger partial charge in [0, 0.05) is 38.8 Å². The van der Waals surface area contributed by atoms with E-state index < -0.39 is 0 Å². The van der Waals surface area contributed by atoms with Crippen LogP contribution in [-0.2, 0) is 6.54 Å². The van der Waals surface area contributed by atoms with E-state index in [1.807, 2.05) is 31.2 Å². The van der Waals surface area contributed by atoms with Crippen LogP contribution in [0.4, 0.5) is 11.4 Å². The standard InChI is InChI=1S/C19H25N5O2/c1-3-10-24-18(25)9-8-16(21-24)19(26)20-15-6-4-5-7-17(15)23-13-11-22(2)12-14-23/h4-9H,3,10-14H2,1-2H3,(H,20,26). The van der Waals surface area contributed by atoms with Crippen LogP contribution in [0.2, 0.25) is 0 Å². The van der Waals surface area contributed by atoms with E-state index in [2.05, 4.69) is 27.3 Å². The Morgan fingerprint density at radius 3 is 2.58 bits per heavy atom. The fourth-order valence-corrected chi connectivity index (χ4v) is 3.03. The van der Waals surface area contributed by atoms with Gasteiger partial charge in [0.2, 0.25) is 0 Å². The summed E-state index contributed by atoms with van der Waals surface area (Å²) in [4.78, 5) is 29.0. The Labute approximate surface area is 153 Å². The average Bonchev–Trinajstić information content (AvgIpc) is 2.65. The minimum Gasteiger partial charge on any atom is -0.367 e. The second kappa shape index (κ2) is 8.14. The molecule has 1 aliphatic rings. The van der Waals surface area contributed by atoms with E-state index in [0.29, 0.717) is 6.54 Å². The van der Waals surface area contributed by atoms with E-state index in [1.54, 1.807) is 0 Å². The minimum absolute atomic E-state index is 0.193. The monoisotopic (exact) mass is 355 g/mol. The third kappa shape index (κ3) is 4.11. The van der Waals surface area contributed by atoms with Crippen LogP contribution >= 0.6 is 0 Å². The second-order valence-electron chi connectivity index (χ2n) is 6.54. The molecule has 3 rings (SSSR count). The molecule has 138 valence electrons. The highest BCUT2D eigenvalue weighted by molar-refractivity contribution is 6.04. The van der Waals surface area contributed by atoms with Gasteiger partial charge in [0.15, 0.2) is 0 Å². The molecule has 0 spiro atoms. The number of aryl methyl sites for hydroxylation is 1. The number of para-hydroxylation sites is 2. The molecule has 0 bridgehead atoms. The number of nitrogens with zero attached hydrogens (tertiary/aromatic N) is 4. The summed E-state index contributed by atoms with van der Waals surface area (Å²) in [5.74, 6) is -0.309. The summed E-state index contributed by atoms with van der Waals surface area (Å²) < 4.78 is 1.33. The predicted molar refractivity (Wildman–Crippen MR) is 103 cm³/mol. The molecule has 0 radical (unpaired) electrons. The minimum atomic E-state index is -0.309. The number of amides is 1. The van der Waals surface area contributed by atoms with E-state index in [9.17, 15) is 9.59 Å². The highest BCUT2D eigenvalue weighted by Gasteiger charge is 2.18. The van der Waals surface area contributed by atoms with Crippen LogP contribution in [0, 0.1) is 0 Å². The summed E-state index contributed by atoms with van der Waals surface area (Å²) in [5, 5.41) is 7.13. The first-order valence-electron chi connectivity index (χ1n) is 9.00. The van der Waals surface area contributed by atoms with Gasteiger partial charge >= 0.3 is 0 Å². The zero-order chi connectivity index (χ0) is 18.5. The van der Waals surface area contributed by atoms with Gasteiger partial charge in [-0.05, 0) is 31.7 Å². The number of anilines is 2. The van der Waals surface area contributed by atoms with Gasteiger partial charge in [-0.25, -0.2) is 4.68 Å². The largest absolute Gasteiger partial charge is 0.367 e. The Balaban J connectivity index is 1.80. The smallest absolute Gasteiger partial charge is 0.276 e. The van der Waals surface area contributed by atoms with Crippen LogP contribution in [0.25, 0.3) is 0 Å². The van der Waals surface area contributed by atoms with Crippen LogP contribution < -0.4 is 15.8 Å². The van der Waals surface area contributed by atoms with E-state index in [-0.39, 0.29) is 17.2 Å². The summed E-state index contributed by atoms with van der Waals surface area (Å²) in [5.41, 5.74) is 1.82. The quantitative estimate of drug-likeness (QED) is 0.883. The van der Waals surface area contributed by atoms with Crippen molar-refractivity contribution in [1.29, 1.82) is 0 Å². The molecule has 1 saturated heterocycles. The first-order valence-corrected chi connectivity index (χ1v) is 9.00. The van der Waals surface area contributed by atoms with E-state index in [1.165, 1.54) is 16.8 Å². The number of aromatic nitrogens is 2. The Hall–Kier alpha value is -2.67. The Kier molecular flexibility index (Phi) is 5.68. The Bertz CT molecular complexity index is 825. The number of rotatable bonds is 5. The second-order valence-corrected chi connectivity index (χ2v) is 6.54. The molecule has 2 heterocycles. The highest BCUT2D eigenvalue weighted by Crippen LogP contribution is 2.26. The zero-order valence-electron chi connectivity index (χ0n) is 15.3. The molecular formula is C19H25N5O2. The summed E-state index contributed by atoms with van der Waals surface area (Å²) >= 11 is 0. The number of carbonyl (C=O) groups is 1. The molecule has 0 atom stereocenters. The van der Waals surface area contributed by atoms with Crippen molar-refractivity contribution in [1.82, 2.24) is 14.7 Å². The van der Waals surface area contributed by atoms with Crippen LogP contribution in [-0.4, -0.2) is 53.8 Å². The van der Waals surface area contributed by atoms with Crippen LogP contribution in [0.3, 0.4) is 0 Å². The molecule has 0 unspecified atom stereocenters. The molecule has 1 amide bonds. The number of piperazine rings is 1. The molecule has 26 heavy (non-hydrogen) atoms. The van der Waals surface area contributed by atoms with Gasteiger partial charge in [-0.1, -0.05) is 19.1 Å². The maximum atomic E-state index is 12.7. The Morgan fingerprint density at radius 2 is 1.85 bits per heavy atom. The van der Waals surface area contributed by atoms with Gasteiger partial charge in [0.05, 0.1) is 11.4 Å². The van der Waals surface area contributed by atoms with E-state index in [4.69, 9.17) is 0 Å². The molecule has 0 saturated carbocycles. The van der Waals surface area contributed by atoms with E-state index in [0.717, 1.165) is 44.0 Å². The van der Waals surface area contributed by atoms with Crippen molar-refractivity contribution in [3.05, 3.63) is 52.4 Å². The van der Waals surface area contributed by atoms with Gasteiger partial charge < -0.3 is 15.1 Å². The van der Waals surface area contributed by atoms with Crippen LogP contribution in [0.5, 0.6) is 0 Å². The lowest BCUT2D eigenvalue weighted by molar-refractivity contribution is 0.102. The number of carbonyl (C=O) groups excluding carboxylic acids is 1. The van der Waals surface area contributed by atoms with Crippen LogP contribution in [0.15, 0.2) is 41.2 Å². The van der Waals surface area contributed by atoms with Crippen molar-refractivity contribution < 1.29 is 4.79 Å². The molecule has 1 aliphatic heterocycles. The summed E-state index contributed by atoms with van der Waals surface area (Å²) in [6.07, 6.45) is 0.782. The molecule has 0 aliphatic carbocycles. The number of benzene rings is 1. The summed E-state index contributed by atoms with van der Waals surface area (Å²) in [7, 11) is 2.11. The molecular weight excluding hydrogens is 330 g/mol. The number of hydrogen-bond acceptors (Lipinski definition) is 5. The van der Waals surface area contributed by atoms with Crippen LogP contribution in [0.1, 0.15) is 23.8 Å². The van der Waals surface area contributed by atoms with Gasteiger partial charge in [-0.3, -0.25) is 9.59 Å². The lowest BCUT2D eigenvalue weighted by Crippen LogP contribution is -2.44. The summed E-state index contributed by atoms with van der Waals surface area (Å²) in [6, 6.07) is 10.7. The van der Waals surface area contributed by atoms with Crippen molar-refractivity contribution in [2.24, 2.45) is 0 Å². The van der Waals surface area contributed by atoms with Gasteiger partial charge in [0.25, 0.3) is 11.5 Å². The maximum absolute atomic E-state index is 12.7. The van der Waals surface area contributed by atoms with Crippen molar-refractivity contribution in [3.8, 4) is 0 Å². The molecule has 1 N–H and O–H groups in total. The third-order valence-corrected chi connectivity index (χ3v) is 4.53. The Morgan fingerprint density at radius 1 is 1.12 bits per heavy atom. The number of nitrogens with one attached hydrogen (secondary N) is 1. The first-order chi connectivity index (χ1) is 12.6. The van der Waals surface area contributed by atoms with Crippen molar-refractivity contribution in [2.45, 2.75) is 19.9 Å². The third-order valence-electron chi connectivity index (χ3n) is 4.53. The lowest BCUT2D eigenvalue weighted by Gasteiger charge is -2.35. The van der Waals surface area contributed by atoms with Gasteiger partial charge in [-0.15, -0.1) is 0 Å². The van der Waals surface area contributed by atoms with Crippen molar-refractivity contribution in [2.75, 3.05) is 43.4 Å². The number of hydrogen-bond donors (Lipinski definition) is 1. The molecule has 1 aromatic carbocycles.